The third-order valence-electron chi connectivity index (χ3n) is 3.39. The smallest absolute Gasteiger partial charge is 0.251 e. The van der Waals surface area contributed by atoms with Crippen LogP contribution in [0.25, 0.3) is 0 Å². The summed E-state index contributed by atoms with van der Waals surface area (Å²) in [6.45, 7) is 0.623. The number of methoxy groups -OCH3 is 1. The number of carbonyl (C=O) groups is 2. The molecule has 2 amide bonds. The summed E-state index contributed by atoms with van der Waals surface area (Å²) >= 11 is 0. The van der Waals surface area contributed by atoms with E-state index in [4.69, 9.17) is 4.74 Å². The minimum atomic E-state index is -0.498. The maximum absolute atomic E-state index is 13.1. The van der Waals surface area contributed by atoms with Gasteiger partial charge in [-0.05, 0) is 29.3 Å². The van der Waals surface area contributed by atoms with Gasteiger partial charge in [0.25, 0.3) is 5.91 Å². The van der Waals surface area contributed by atoms with Crippen LogP contribution in [0, 0.1) is 5.82 Å². The first-order chi connectivity index (χ1) is 11.6. The Balaban J connectivity index is 1.83. The number of ether oxygens (including phenoxy) is 1. The summed E-state index contributed by atoms with van der Waals surface area (Å²) in [7, 11) is 1.61. The summed E-state index contributed by atoms with van der Waals surface area (Å²) in [4.78, 5) is 23.7. The van der Waals surface area contributed by atoms with Crippen molar-refractivity contribution in [3.8, 4) is 0 Å². The van der Waals surface area contributed by atoms with Gasteiger partial charge in [-0.1, -0.05) is 30.3 Å². The Kier molecular flexibility index (Phi) is 6.45. The van der Waals surface area contributed by atoms with Crippen LogP contribution in [-0.4, -0.2) is 25.5 Å². The van der Waals surface area contributed by atoms with E-state index in [1.165, 1.54) is 18.2 Å². The Hall–Kier alpha value is -2.73. The number of halogens is 1. The second kappa shape index (κ2) is 8.79. The van der Waals surface area contributed by atoms with E-state index in [9.17, 15) is 14.0 Å². The third kappa shape index (κ3) is 5.17. The van der Waals surface area contributed by atoms with E-state index in [2.05, 4.69) is 10.6 Å². The number of nitrogens with one attached hydrogen (secondary N) is 2. The molecule has 2 rings (SSSR count). The SMILES string of the molecule is COCc1ccccc1CNC(=O)CNC(=O)c1cccc(F)c1. The first-order valence-electron chi connectivity index (χ1n) is 7.46. The second-order valence-corrected chi connectivity index (χ2v) is 5.17. The van der Waals surface area contributed by atoms with Crippen LogP contribution in [0.1, 0.15) is 21.5 Å². The molecule has 0 aromatic heterocycles. The molecular formula is C18H19FN2O3. The number of carbonyl (C=O) groups excluding carboxylic acids is 2. The maximum atomic E-state index is 13.1. The van der Waals surface area contributed by atoms with Gasteiger partial charge in [0.1, 0.15) is 5.82 Å². The topological polar surface area (TPSA) is 67.4 Å². The van der Waals surface area contributed by atoms with E-state index in [0.29, 0.717) is 13.2 Å². The molecule has 0 atom stereocenters. The molecule has 0 aliphatic rings. The lowest BCUT2D eigenvalue weighted by Gasteiger charge is -2.10. The van der Waals surface area contributed by atoms with Crippen molar-refractivity contribution < 1.29 is 18.7 Å². The fourth-order valence-corrected chi connectivity index (χ4v) is 2.17. The number of hydrogen-bond acceptors (Lipinski definition) is 3. The van der Waals surface area contributed by atoms with Crippen LogP contribution < -0.4 is 10.6 Å². The molecule has 0 saturated carbocycles. The average molecular weight is 330 g/mol. The van der Waals surface area contributed by atoms with E-state index in [0.717, 1.165) is 17.2 Å². The molecule has 0 unspecified atom stereocenters. The third-order valence-corrected chi connectivity index (χ3v) is 3.39. The summed E-state index contributed by atoms with van der Waals surface area (Å²) in [5, 5.41) is 5.19. The lowest BCUT2D eigenvalue weighted by atomic mass is 10.1. The minimum Gasteiger partial charge on any atom is -0.380 e. The van der Waals surface area contributed by atoms with Gasteiger partial charge in [-0.2, -0.15) is 0 Å². The Labute approximate surface area is 139 Å². The Morgan fingerprint density at radius 3 is 2.50 bits per heavy atom. The van der Waals surface area contributed by atoms with Gasteiger partial charge >= 0.3 is 0 Å². The quantitative estimate of drug-likeness (QED) is 0.816. The summed E-state index contributed by atoms with van der Waals surface area (Å²) in [6, 6.07) is 12.9. The van der Waals surface area contributed by atoms with Gasteiger partial charge in [-0.3, -0.25) is 9.59 Å². The van der Waals surface area contributed by atoms with Gasteiger partial charge in [-0.25, -0.2) is 4.39 Å². The van der Waals surface area contributed by atoms with Crippen molar-refractivity contribution in [2.24, 2.45) is 0 Å². The number of benzene rings is 2. The van der Waals surface area contributed by atoms with Crippen LogP contribution in [0.15, 0.2) is 48.5 Å². The van der Waals surface area contributed by atoms with Crippen molar-refractivity contribution >= 4 is 11.8 Å². The standard InChI is InChI=1S/C18H19FN2O3/c1-24-12-15-6-3-2-5-14(15)10-20-17(22)11-21-18(23)13-7-4-8-16(19)9-13/h2-9H,10-12H2,1H3,(H,20,22)(H,21,23). The van der Waals surface area contributed by atoms with Gasteiger partial charge in [0.2, 0.25) is 5.91 Å². The number of hydrogen-bond donors (Lipinski definition) is 2. The molecule has 2 aromatic carbocycles. The zero-order valence-corrected chi connectivity index (χ0v) is 13.3. The van der Waals surface area contributed by atoms with Gasteiger partial charge < -0.3 is 15.4 Å². The van der Waals surface area contributed by atoms with E-state index in [1.807, 2.05) is 24.3 Å². The van der Waals surface area contributed by atoms with E-state index in [1.54, 1.807) is 7.11 Å². The molecule has 0 fully saturated rings. The molecule has 0 radical (unpaired) electrons. The Morgan fingerprint density at radius 1 is 1.04 bits per heavy atom. The molecule has 2 aromatic rings. The number of amides is 2. The molecule has 0 aliphatic heterocycles. The molecule has 5 nitrogen and oxygen atoms in total. The highest BCUT2D eigenvalue weighted by molar-refractivity contribution is 5.96. The molecule has 126 valence electrons. The van der Waals surface area contributed by atoms with Crippen LogP contribution in [0.3, 0.4) is 0 Å². The van der Waals surface area contributed by atoms with Crippen molar-refractivity contribution in [2.75, 3.05) is 13.7 Å². The van der Waals surface area contributed by atoms with Crippen LogP contribution in [-0.2, 0) is 22.7 Å². The molecule has 2 N–H and O–H groups in total. The summed E-state index contributed by atoms with van der Waals surface area (Å²) < 4.78 is 18.2. The first-order valence-corrected chi connectivity index (χ1v) is 7.46. The van der Waals surface area contributed by atoms with Crippen molar-refractivity contribution in [1.29, 1.82) is 0 Å². The van der Waals surface area contributed by atoms with Gasteiger partial charge in [0.05, 0.1) is 13.2 Å². The fraction of sp³-hybridized carbons (Fsp3) is 0.222. The minimum absolute atomic E-state index is 0.174. The molecule has 0 saturated heterocycles. The summed E-state index contributed by atoms with van der Waals surface area (Å²) in [5.41, 5.74) is 2.11. The van der Waals surface area contributed by atoms with Crippen molar-refractivity contribution in [3.63, 3.8) is 0 Å². The van der Waals surface area contributed by atoms with Crippen LogP contribution in [0.5, 0.6) is 0 Å². The Bertz CT molecular complexity index is 719. The highest BCUT2D eigenvalue weighted by atomic mass is 19.1. The molecule has 24 heavy (non-hydrogen) atoms. The summed E-state index contributed by atoms with van der Waals surface area (Å²) in [6.07, 6.45) is 0. The summed E-state index contributed by atoms with van der Waals surface area (Å²) in [5.74, 6) is -1.32. The average Bonchev–Trinajstić information content (AvgIpc) is 2.59. The van der Waals surface area contributed by atoms with Gasteiger partial charge in [0.15, 0.2) is 0 Å². The van der Waals surface area contributed by atoms with Crippen LogP contribution >= 0.6 is 0 Å². The van der Waals surface area contributed by atoms with E-state index in [-0.39, 0.29) is 18.0 Å². The van der Waals surface area contributed by atoms with Crippen molar-refractivity contribution in [3.05, 3.63) is 71.0 Å². The highest BCUT2D eigenvalue weighted by Gasteiger charge is 2.09. The molecule has 0 bridgehead atoms. The van der Waals surface area contributed by atoms with Crippen LogP contribution in [0.2, 0.25) is 0 Å². The zero-order chi connectivity index (χ0) is 17.4. The van der Waals surface area contributed by atoms with E-state index >= 15 is 0 Å². The van der Waals surface area contributed by atoms with Crippen molar-refractivity contribution in [2.45, 2.75) is 13.2 Å². The normalized spacial score (nSPS) is 10.2. The molecule has 0 heterocycles. The highest BCUT2D eigenvalue weighted by Crippen LogP contribution is 2.09. The molecular weight excluding hydrogens is 311 g/mol. The van der Waals surface area contributed by atoms with Crippen LogP contribution in [0.4, 0.5) is 4.39 Å². The fourth-order valence-electron chi connectivity index (χ4n) is 2.17. The van der Waals surface area contributed by atoms with Gasteiger partial charge in [-0.15, -0.1) is 0 Å². The first kappa shape index (κ1) is 17.6. The van der Waals surface area contributed by atoms with Gasteiger partial charge in [0, 0.05) is 19.2 Å². The lowest BCUT2D eigenvalue weighted by molar-refractivity contribution is -0.120. The molecule has 0 spiro atoms. The molecule has 0 aliphatic carbocycles. The predicted octanol–water partition coefficient (Wildman–Crippen LogP) is 2.02. The lowest BCUT2D eigenvalue weighted by Crippen LogP contribution is -2.36. The maximum Gasteiger partial charge on any atom is 0.251 e. The monoisotopic (exact) mass is 330 g/mol. The largest absolute Gasteiger partial charge is 0.380 e. The molecule has 6 heteroatoms. The van der Waals surface area contributed by atoms with Crippen molar-refractivity contribution in [1.82, 2.24) is 10.6 Å². The predicted molar refractivity (Wildman–Crippen MR) is 87.7 cm³/mol. The Morgan fingerprint density at radius 2 is 1.79 bits per heavy atom. The zero-order valence-electron chi connectivity index (χ0n) is 13.3. The second-order valence-electron chi connectivity index (χ2n) is 5.17. The van der Waals surface area contributed by atoms with E-state index < -0.39 is 11.7 Å². The number of rotatable bonds is 7.